The van der Waals surface area contributed by atoms with E-state index < -0.39 is 0 Å². The number of hydrogen-bond donors (Lipinski definition) is 0. The summed E-state index contributed by atoms with van der Waals surface area (Å²) >= 11 is 3.40. The Hall–Kier alpha value is -0.340. The predicted molar refractivity (Wildman–Crippen MR) is 55.8 cm³/mol. The predicted octanol–water partition coefficient (Wildman–Crippen LogP) is 2.71. The second kappa shape index (κ2) is 4.63. The third kappa shape index (κ3) is 2.95. The van der Waals surface area contributed by atoms with E-state index in [-0.39, 0.29) is 0 Å². The number of hydrogen-bond acceptors (Lipinski definition) is 1. The minimum absolute atomic E-state index is 0.843. The molecule has 0 unspecified atom stereocenters. The van der Waals surface area contributed by atoms with Crippen LogP contribution < -0.4 is 0 Å². The van der Waals surface area contributed by atoms with Gasteiger partial charge in [-0.2, -0.15) is 0 Å². The van der Waals surface area contributed by atoms with Crippen molar-refractivity contribution in [3.05, 3.63) is 41.2 Å². The zero-order chi connectivity index (χ0) is 8.97. The van der Waals surface area contributed by atoms with Gasteiger partial charge in [0, 0.05) is 11.0 Å². The first kappa shape index (κ1) is 9.75. The molecule has 12 heavy (non-hydrogen) atoms. The molecule has 65 valence electrons. The molecular weight excluding hydrogens is 214 g/mol. The van der Waals surface area contributed by atoms with E-state index in [1.165, 1.54) is 5.56 Å². The molecule has 0 aromatic heterocycles. The molecule has 1 radical (unpaired) electrons. The molecule has 1 aromatic rings. The van der Waals surface area contributed by atoms with Crippen LogP contribution in [-0.2, 0) is 6.54 Å². The van der Waals surface area contributed by atoms with Gasteiger partial charge in [-0.25, -0.2) is 0 Å². The van der Waals surface area contributed by atoms with Crippen LogP contribution in [0, 0.1) is 6.92 Å². The largest absolute Gasteiger partial charge is 0.302 e. The van der Waals surface area contributed by atoms with Crippen LogP contribution in [0.4, 0.5) is 0 Å². The summed E-state index contributed by atoms with van der Waals surface area (Å²) in [5.41, 5.74) is 1.32. The third-order valence-corrected chi connectivity index (χ3v) is 2.28. The molecule has 0 atom stereocenters. The normalized spacial score (nSPS) is 10.7. The summed E-state index contributed by atoms with van der Waals surface area (Å²) in [6, 6.07) is 8.37. The molecule has 2 heteroatoms. The van der Waals surface area contributed by atoms with Crippen LogP contribution in [-0.4, -0.2) is 18.5 Å². The zero-order valence-corrected chi connectivity index (χ0v) is 8.84. The van der Waals surface area contributed by atoms with Crippen molar-refractivity contribution in [2.75, 3.05) is 13.6 Å². The van der Waals surface area contributed by atoms with Crippen molar-refractivity contribution >= 4 is 15.9 Å². The third-order valence-electron chi connectivity index (χ3n) is 1.75. The van der Waals surface area contributed by atoms with E-state index in [4.69, 9.17) is 0 Å². The standard InChI is InChI=1S/C10H13BrN/c1-3-12(2)8-9-4-6-10(11)7-5-9/h4-7H,1,3,8H2,2H3. The summed E-state index contributed by atoms with van der Waals surface area (Å²) in [6.45, 7) is 5.63. The molecule has 0 aliphatic carbocycles. The van der Waals surface area contributed by atoms with E-state index in [0.29, 0.717) is 0 Å². The minimum atomic E-state index is 0.843. The van der Waals surface area contributed by atoms with Gasteiger partial charge in [-0.05, 0) is 38.2 Å². The molecule has 0 spiro atoms. The molecule has 0 N–H and O–H groups in total. The first-order chi connectivity index (χ1) is 5.72. The smallest absolute Gasteiger partial charge is 0.0230 e. The maximum absolute atomic E-state index is 3.82. The quantitative estimate of drug-likeness (QED) is 0.767. The van der Waals surface area contributed by atoms with Crippen LogP contribution >= 0.6 is 15.9 Å². The Morgan fingerprint density at radius 1 is 1.33 bits per heavy atom. The van der Waals surface area contributed by atoms with Crippen LogP contribution in [0.3, 0.4) is 0 Å². The Balaban J connectivity index is 2.58. The fraction of sp³-hybridized carbons (Fsp3) is 0.300. The van der Waals surface area contributed by atoms with Crippen molar-refractivity contribution in [1.82, 2.24) is 4.90 Å². The van der Waals surface area contributed by atoms with Crippen molar-refractivity contribution in [3.63, 3.8) is 0 Å². The topological polar surface area (TPSA) is 3.24 Å². The summed E-state index contributed by atoms with van der Waals surface area (Å²) in [5, 5.41) is 0. The summed E-state index contributed by atoms with van der Waals surface area (Å²) in [4.78, 5) is 2.17. The first-order valence-corrected chi connectivity index (χ1v) is 4.74. The van der Waals surface area contributed by atoms with Crippen molar-refractivity contribution < 1.29 is 0 Å². The highest BCUT2D eigenvalue weighted by molar-refractivity contribution is 9.10. The van der Waals surface area contributed by atoms with Gasteiger partial charge < -0.3 is 4.90 Å². The Labute approximate surface area is 82.5 Å². The van der Waals surface area contributed by atoms with E-state index in [9.17, 15) is 0 Å². The molecule has 0 aliphatic rings. The van der Waals surface area contributed by atoms with Crippen LogP contribution in [0.15, 0.2) is 28.7 Å². The number of halogens is 1. The lowest BCUT2D eigenvalue weighted by Crippen LogP contribution is -2.16. The Morgan fingerprint density at radius 3 is 2.42 bits per heavy atom. The van der Waals surface area contributed by atoms with Crippen molar-refractivity contribution in [3.8, 4) is 0 Å². The molecule has 0 bridgehead atoms. The Kier molecular flexibility index (Phi) is 3.76. The lowest BCUT2D eigenvalue weighted by Gasteiger charge is -2.13. The van der Waals surface area contributed by atoms with Gasteiger partial charge in [0.1, 0.15) is 0 Å². The van der Waals surface area contributed by atoms with E-state index in [2.05, 4.69) is 59.1 Å². The highest BCUT2D eigenvalue weighted by atomic mass is 79.9. The van der Waals surface area contributed by atoms with Gasteiger partial charge in [-0.15, -0.1) is 0 Å². The summed E-state index contributed by atoms with van der Waals surface area (Å²) < 4.78 is 1.13. The van der Waals surface area contributed by atoms with Gasteiger partial charge in [0.2, 0.25) is 0 Å². The second-order valence-corrected chi connectivity index (χ2v) is 3.78. The van der Waals surface area contributed by atoms with E-state index in [0.717, 1.165) is 17.6 Å². The highest BCUT2D eigenvalue weighted by Gasteiger charge is 1.96. The average molecular weight is 227 g/mol. The maximum atomic E-state index is 3.82. The molecule has 0 heterocycles. The van der Waals surface area contributed by atoms with Crippen LogP contribution in [0.5, 0.6) is 0 Å². The molecule has 0 fully saturated rings. The summed E-state index contributed by atoms with van der Waals surface area (Å²) in [6.07, 6.45) is 0. The van der Waals surface area contributed by atoms with Gasteiger partial charge in [-0.3, -0.25) is 0 Å². The Morgan fingerprint density at radius 2 is 1.92 bits per heavy atom. The lowest BCUT2D eigenvalue weighted by molar-refractivity contribution is 0.362. The van der Waals surface area contributed by atoms with Crippen molar-refractivity contribution in [1.29, 1.82) is 0 Å². The monoisotopic (exact) mass is 226 g/mol. The van der Waals surface area contributed by atoms with Crippen LogP contribution in [0.2, 0.25) is 0 Å². The zero-order valence-electron chi connectivity index (χ0n) is 7.26. The van der Waals surface area contributed by atoms with E-state index in [1.54, 1.807) is 0 Å². The summed E-state index contributed by atoms with van der Waals surface area (Å²) in [7, 11) is 2.06. The highest BCUT2D eigenvalue weighted by Crippen LogP contribution is 2.11. The molecule has 0 amide bonds. The van der Waals surface area contributed by atoms with E-state index in [1.807, 2.05) is 0 Å². The molecule has 0 aliphatic heterocycles. The number of nitrogens with zero attached hydrogens (tertiary/aromatic N) is 1. The number of benzene rings is 1. The van der Waals surface area contributed by atoms with Gasteiger partial charge in [0.15, 0.2) is 0 Å². The van der Waals surface area contributed by atoms with Crippen molar-refractivity contribution in [2.24, 2.45) is 0 Å². The van der Waals surface area contributed by atoms with Gasteiger partial charge >= 0.3 is 0 Å². The molecule has 0 saturated heterocycles. The fourth-order valence-electron chi connectivity index (χ4n) is 0.981. The van der Waals surface area contributed by atoms with Gasteiger partial charge in [-0.1, -0.05) is 28.1 Å². The number of rotatable bonds is 3. The fourth-order valence-corrected chi connectivity index (χ4v) is 1.24. The Bertz CT molecular complexity index is 230. The van der Waals surface area contributed by atoms with Crippen molar-refractivity contribution in [2.45, 2.75) is 6.54 Å². The van der Waals surface area contributed by atoms with E-state index >= 15 is 0 Å². The SMILES string of the molecule is [CH2]CN(C)Cc1ccc(Br)cc1. The van der Waals surface area contributed by atoms with Crippen LogP contribution in [0.1, 0.15) is 5.56 Å². The molecular formula is C10H13BrN. The van der Waals surface area contributed by atoms with Crippen LogP contribution in [0.25, 0.3) is 0 Å². The summed E-state index contributed by atoms with van der Waals surface area (Å²) in [5.74, 6) is 0. The first-order valence-electron chi connectivity index (χ1n) is 3.94. The molecule has 0 saturated carbocycles. The second-order valence-electron chi connectivity index (χ2n) is 2.86. The van der Waals surface area contributed by atoms with Gasteiger partial charge in [0.05, 0.1) is 0 Å². The molecule has 1 nitrogen and oxygen atoms in total. The average Bonchev–Trinajstić information content (AvgIpc) is 2.09. The lowest BCUT2D eigenvalue weighted by atomic mass is 10.2. The molecule has 1 rings (SSSR count). The van der Waals surface area contributed by atoms with Gasteiger partial charge in [0.25, 0.3) is 0 Å². The molecule has 1 aromatic carbocycles. The minimum Gasteiger partial charge on any atom is -0.302 e. The maximum Gasteiger partial charge on any atom is 0.0230 e.